The van der Waals surface area contributed by atoms with Crippen molar-refractivity contribution >= 4 is 12.1 Å². The van der Waals surface area contributed by atoms with Crippen LogP contribution in [-0.4, -0.2) is 29.8 Å². The standard InChI is InChI=1S/C25H36F3NO4/c1-14(2)18-8-7-15(3)9-22(18)32-23(30)12-17(29-24(31)33-25(4,5)6)10-16-11-20(27)21(28)13-19(16)26/h11,13-15,17-18,22H,7-10,12H2,1-6H3,(H,29,31)/t15?,17-,18?,22?/m0/s1. The number of amides is 1. The molecule has 1 N–H and O–H groups in total. The minimum absolute atomic E-state index is 0.158. The third kappa shape index (κ3) is 8.55. The van der Waals surface area contributed by atoms with Crippen molar-refractivity contribution in [3.05, 3.63) is 35.1 Å². The van der Waals surface area contributed by atoms with E-state index in [1.54, 1.807) is 20.8 Å². The van der Waals surface area contributed by atoms with Gasteiger partial charge in [-0.15, -0.1) is 0 Å². The maximum absolute atomic E-state index is 14.2. The Morgan fingerprint density at radius 2 is 1.73 bits per heavy atom. The largest absolute Gasteiger partial charge is 0.462 e. The molecular formula is C25H36F3NO4. The van der Waals surface area contributed by atoms with Crippen LogP contribution >= 0.6 is 0 Å². The van der Waals surface area contributed by atoms with Crippen LogP contribution in [0.15, 0.2) is 12.1 Å². The fourth-order valence-corrected chi connectivity index (χ4v) is 4.30. The van der Waals surface area contributed by atoms with Gasteiger partial charge in [-0.1, -0.05) is 27.2 Å². The van der Waals surface area contributed by atoms with Gasteiger partial charge in [0.25, 0.3) is 0 Å². The number of benzene rings is 1. The second-order valence-electron chi connectivity index (χ2n) is 10.5. The number of nitrogens with one attached hydrogen (secondary N) is 1. The molecule has 0 bridgehead atoms. The zero-order valence-electron chi connectivity index (χ0n) is 20.3. The summed E-state index contributed by atoms with van der Waals surface area (Å²) in [4.78, 5) is 25.1. The highest BCUT2D eigenvalue weighted by Crippen LogP contribution is 2.35. The molecule has 0 aromatic heterocycles. The molecule has 0 saturated heterocycles. The van der Waals surface area contributed by atoms with E-state index >= 15 is 0 Å². The molecule has 186 valence electrons. The maximum atomic E-state index is 14.2. The van der Waals surface area contributed by atoms with E-state index in [0.717, 1.165) is 25.3 Å². The lowest BCUT2D eigenvalue weighted by Crippen LogP contribution is -2.43. The maximum Gasteiger partial charge on any atom is 0.407 e. The molecule has 1 aromatic rings. The van der Waals surface area contributed by atoms with E-state index in [4.69, 9.17) is 9.47 Å². The molecule has 1 aromatic carbocycles. The highest BCUT2D eigenvalue weighted by Gasteiger charge is 2.34. The minimum atomic E-state index is -1.31. The number of alkyl carbamates (subject to hydrolysis) is 1. The Balaban J connectivity index is 2.15. The number of ether oxygens (including phenoxy) is 2. The minimum Gasteiger partial charge on any atom is -0.462 e. The predicted molar refractivity (Wildman–Crippen MR) is 119 cm³/mol. The molecule has 1 aliphatic carbocycles. The second-order valence-corrected chi connectivity index (χ2v) is 10.5. The van der Waals surface area contributed by atoms with E-state index in [9.17, 15) is 22.8 Å². The van der Waals surface area contributed by atoms with Crippen LogP contribution in [0.1, 0.15) is 72.8 Å². The summed E-state index contributed by atoms with van der Waals surface area (Å²) < 4.78 is 52.3. The number of esters is 1. The summed E-state index contributed by atoms with van der Waals surface area (Å²) in [6, 6.07) is 0.256. The summed E-state index contributed by atoms with van der Waals surface area (Å²) in [7, 11) is 0. The molecule has 4 atom stereocenters. The first-order valence-corrected chi connectivity index (χ1v) is 11.6. The van der Waals surface area contributed by atoms with Gasteiger partial charge < -0.3 is 14.8 Å². The van der Waals surface area contributed by atoms with Crippen molar-refractivity contribution < 1.29 is 32.2 Å². The van der Waals surface area contributed by atoms with Crippen molar-refractivity contribution in [3.8, 4) is 0 Å². The van der Waals surface area contributed by atoms with Crippen molar-refractivity contribution in [2.75, 3.05) is 0 Å². The first-order valence-electron chi connectivity index (χ1n) is 11.6. The lowest BCUT2D eigenvalue weighted by Gasteiger charge is -2.37. The van der Waals surface area contributed by atoms with Crippen molar-refractivity contribution in [2.45, 2.75) is 91.4 Å². The Kier molecular flexibility index (Phi) is 9.20. The van der Waals surface area contributed by atoms with Crippen LogP contribution in [-0.2, 0) is 20.7 Å². The molecule has 3 unspecified atom stereocenters. The molecule has 33 heavy (non-hydrogen) atoms. The third-order valence-electron chi connectivity index (χ3n) is 5.93. The van der Waals surface area contributed by atoms with Crippen LogP contribution in [0.2, 0.25) is 0 Å². The molecule has 0 radical (unpaired) electrons. The zero-order chi connectivity index (χ0) is 24.9. The average molecular weight is 472 g/mol. The second kappa shape index (κ2) is 11.3. The van der Waals surface area contributed by atoms with Crippen LogP contribution in [0.4, 0.5) is 18.0 Å². The van der Waals surface area contributed by atoms with Gasteiger partial charge in [0.2, 0.25) is 0 Å². The number of halogens is 3. The Morgan fingerprint density at radius 3 is 2.33 bits per heavy atom. The van der Waals surface area contributed by atoms with E-state index < -0.39 is 41.2 Å². The van der Waals surface area contributed by atoms with Crippen molar-refractivity contribution in [3.63, 3.8) is 0 Å². The molecule has 0 heterocycles. The molecule has 0 aliphatic heterocycles. The van der Waals surface area contributed by atoms with E-state index in [1.165, 1.54) is 0 Å². The highest BCUT2D eigenvalue weighted by atomic mass is 19.2. The van der Waals surface area contributed by atoms with Crippen molar-refractivity contribution in [1.29, 1.82) is 0 Å². The zero-order valence-corrected chi connectivity index (χ0v) is 20.3. The average Bonchev–Trinajstić information content (AvgIpc) is 2.64. The van der Waals surface area contributed by atoms with Gasteiger partial charge in [-0.05, 0) is 69.4 Å². The lowest BCUT2D eigenvalue weighted by molar-refractivity contribution is -0.156. The number of rotatable bonds is 7. The summed E-state index contributed by atoms with van der Waals surface area (Å²) in [6.45, 7) is 11.4. The summed E-state index contributed by atoms with van der Waals surface area (Å²) >= 11 is 0. The molecule has 8 heteroatoms. The van der Waals surface area contributed by atoms with E-state index in [2.05, 4.69) is 26.1 Å². The van der Waals surface area contributed by atoms with Crippen LogP contribution in [0, 0.1) is 35.2 Å². The topological polar surface area (TPSA) is 64.6 Å². The predicted octanol–water partition coefficient (Wildman–Crippen LogP) is 5.93. The van der Waals surface area contributed by atoms with Gasteiger partial charge in [-0.3, -0.25) is 4.79 Å². The van der Waals surface area contributed by atoms with Gasteiger partial charge in [0.1, 0.15) is 17.5 Å². The van der Waals surface area contributed by atoms with Crippen molar-refractivity contribution in [2.24, 2.45) is 17.8 Å². The first kappa shape index (κ1) is 27.0. The van der Waals surface area contributed by atoms with E-state index in [-0.39, 0.29) is 30.4 Å². The summed E-state index contributed by atoms with van der Waals surface area (Å²) in [6.07, 6.45) is 1.29. The van der Waals surface area contributed by atoms with E-state index in [1.807, 2.05) is 0 Å². The van der Waals surface area contributed by atoms with Crippen LogP contribution < -0.4 is 5.32 Å². The third-order valence-corrected chi connectivity index (χ3v) is 5.93. The van der Waals surface area contributed by atoms with Gasteiger partial charge >= 0.3 is 12.1 Å². The van der Waals surface area contributed by atoms with Crippen molar-refractivity contribution in [1.82, 2.24) is 5.32 Å². The summed E-state index contributed by atoms with van der Waals surface area (Å²) in [5.74, 6) is -2.99. The Bertz CT molecular complexity index is 838. The Morgan fingerprint density at radius 1 is 1.09 bits per heavy atom. The van der Waals surface area contributed by atoms with E-state index in [0.29, 0.717) is 17.9 Å². The normalized spacial score (nSPS) is 22.1. The molecule has 1 amide bonds. The van der Waals surface area contributed by atoms with Gasteiger partial charge in [0, 0.05) is 12.1 Å². The van der Waals surface area contributed by atoms with Gasteiger partial charge in [0.15, 0.2) is 11.6 Å². The van der Waals surface area contributed by atoms with Crippen LogP contribution in [0.25, 0.3) is 0 Å². The monoisotopic (exact) mass is 471 g/mol. The molecule has 2 rings (SSSR count). The smallest absolute Gasteiger partial charge is 0.407 e. The molecule has 1 aliphatic rings. The van der Waals surface area contributed by atoms with Crippen LogP contribution in [0.3, 0.4) is 0 Å². The Labute approximate surface area is 194 Å². The van der Waals surface area contributed by atoms with Gasteiger partial charge in [0.05, 0.1) is 6.42 Å². The SMILES string of the molecule is CC1CCC(C(C)C)C(OC(=O)C[C@H](Cc2cc(F)c(F)cc2F)NC(=O)OC(C)(C)C)C1. The highest BCUT2D eigenvalue weighted by molar-refractivity contribution is 5.73. The van der Waals surface area contributed by atoms with Gasteiger partial charge in [-0.2, -0.15) is 0 Å². The fourth-order valence-electron chi connectivity index (χ4n) is 4.30. The summed E-state index contributed by atoms with van der Waals surface area (Å²) in [5.41, 5.74) is -0.945. The molecular weight excluding hydrogens is 435 g/mol. The molecule has 5 nitrogen and oxygen atoms in total. The first-order chi connectivity index (χ1) is 15.2. The number of carbonyl (C=O) groups excluding carboxylic acids is 2. The van der Waals surface area contributed by atoms with Gasteiger partial charge in [-0.25, -0.2) is 18.0 Å². The quantitative estimate of drug-likeness (QED) is 0.395. The molecule has 0 spiro atoms. The number of carbonyl (C=O) groups is 2. The lowest BCUT2D eigenvalue weighted by atomic mass is 9.75. The molecule has 1 fully saturated rings. The molecule has 1 saturated carbocycles. The fraction of sp³-hybridized carbons (Fsp3) is 0.680. The Hall–Kier alpha value is -2.25. The number of hydrogen-bond donors (Lipinski definition) is 1. The van der Waals surface area contributed by atoms with Crippen LogP contribution in [0.5, 0.6) is 0 Å². The number of hydrogen-bond acceptors (Lipinski definition) is 4. The summed E-state index contributed by atoms with van der Waals surface area (Å²) in [5, 5.41) is 2.55.